The van der Waals surface area contributed by atoms with Crippen LogP contribution in [0.3, 0.4) is 0 Å². The molecule has 0 saturated heterocycles. The van der Waals surface area contributed by atoms with Crippen molar-refractivity contribution in [2.75, 3.05) is 0 Å². The molecule has 0 unspecified atom stereocenters. The minimum Gasteiger partial charge on any atom is -0.189 e. The summed E-state index contributed by atoms with van der Waals surface area (Å²) in [5.41, 5.74) is 1.72. The van der Waals surface area contributed by atoms with Crippen molar-refractivity contribution in [3.8, 4) is 0 Å². The van der Waals surface area contributed by atoms with Gasteiger partial charge in [-0.15, -0.1) is 10.2 Å². The molecule has 0 radical (unpaired) electrons. The zero-order chi connectivity index (χ0) is 23.6. The number of benzene rings is 4. The molecule has 0 saturated carbocycles. The molecule has 0 atom stereocenters. The van der Waals surface area contributed by atoms with E-state index in [0.717, 1.165) is 29.9 Å². The lowest BCUT2D eigenvalue weighted by molar-refractivity contribution is 1.30. The van der Waals surface area contributed by atoms with E-state index in [1.807, 2.05) is 109 Å². The van der Waals surface area contributed by atoms with E-state index in [4.69, 9.17) is 0 Å². The first kappa shape index (κ1) is 24.6. The van der Waals surface area contributed by atoms with Gasteiger partial charge in [-0.05, 0) is 72.8 Å². The predicted octanol–water partition coefficient (Wildman–Crippen LogP) is 9.27. The molecule has 0 aromatic heterocycles. The van der Waals surface area contributed by atoms with Crippen molar-refractivity contribution in [3.63, 3.8) is 0 Å². The van der Waals surface area contributed by atoms with Crippen LogP contribution in [0.4, 0.5) is 0 Å². The normalized spacial score (nSPS) is 12.3. The Balaban J connectivity index is 1.67. The van der Waals surface area contributed by atoms with Gasteiger partial charge in [0.15, 0.2) is 11.7 Å². The third-order valence-electron chi connectivity index (χ3n) is 4.41. The van der Waals surface area contributed by atoms with Crippen LogP contribution < -0.4 is 0 Å². The third kappa shape index (κ3) is 7.50. The van der Waals surface area contributed by atoms with Gasteiger partial charge in [-0.3, -0.25) is 0 Å². The van der Waals surface area contributed by atoms with Gasteiger partial charge in [-0.25, -0.2) is 0 Å². The topological polar surface area (TPSA) is 49.4 Å². The van der Waals surface area contributed by atoms with E-state index >= 15 is 0 Å². The fourth-order valence-electron chi connectivity index (χ4n) is 2.70. The highest BCUT2D eigenvalue weighted by Gasteiger charge is 2.08. The van der Waals surface area contributed by atoms with Crippen LogP contribution in [0.1, 0.15) is 11.1 Å². The van der Waals surface area contributed by atoms with Gasteiger partial charge in [0, 0.05) is 53.8 Å². The van der Waals surface area contributed by atoms with Crippen LogP contribution in [-0.2, 0) is 0 Å². The Morgan fingerprint density at radius 1 is 0.471 bits per heavy atom. The number of halogens is 2. The van der Waals surface area contributed by atoms with E-state index in [1.54, 1.807) is 0 Å². The van der Waals surface area contributed by atoms with Gasteiger partial charge in [0.2, 0.25) is 0 Å². The van der Waals surface area contributed by atoms with Gasteiger partial charge < -0.3 is 0 Å². The van der Waals surface area contributed by atoms with E-state index in [2.05, 4.69) is 50.9 Å². The molecule has 8 heteroatoms. The largest absolute Gasteiger partial charge is 0.189 e. The number of azo groups is 1. The molecule has 0 aliphatic rings. The molecule has 0 aliphatic carbocycles. The first-order valence-corrected chi connectivity index (χ1v) is 13.3. The second kappa shape index (κ2) is 12.8. The number of rotatable bonds is 6. The van der Waals surface area contributed by atoms with Crippen molar-refractivity contribution >= 4 is 67.4 Å². The third-order valence-corrected chi connectivity index (χ3v) is 6.96. The van der Waals surface area contributed by atoms with Gasteiger partial charge in [-0.1, -0.05) is 68.3 Å². The minimum atomic E-state index is 0.510. The summed E-state index contributed by atoms with van der Waals surface area (Å²) in [5.74, 6) is 1.02. The van der Waals surface area contributed by atoms with Crippen molar-refractivity contribution < 1.29 is 0 Å². The van der Waals surface area contributed by atoms with Crippen LogP contribution in [-0.4, -0.2) is 11.7 Å². The molecule has 0 heterocycles. The highest BCUT2D eigenvalue weighted by atomic mass is 79.9. The summed E-state index contributed by atoms with van der Waals surface area (Å²) >= 11 is 9.69. The van der Waals surface area contributed by atoms with Crippen LogP contribution in [0, 0.1) is 0 Å². The number of hydrogen-bond acceptors (Lipinski definition) is 4. The molecule has 4 aromatic carbocycles. The molecule has 0 aliphatic heterocycles. The summed E-state index contributed by atoms with van der Waals surface area (Å²) in [6.07, 6.45) is 0. The van der Waals surface area contributed by atoms with E-state index in [9.17, 15) is 0 Å². The van der Waals surface area contributed by atoms with Gasteiger partial charge in [0.05, 0.1) is 0 Å². The fourth-order valence-corrected chi connectivity index (χ4v) is 4.46. The summed E-state index contributed by atoms with van der Waals surface area (Å²) in [7, 11) is 0. The molecule has 34 heavy (non-hydrogen) atoms. The zero-order valence-corrected chi connectivity index (χ0v) is 22.6. The van der Waals surface area contributed by atoms with Crippen molar-refractivity contribution in [1.82, 2.24) is 0 Å². The maximum atomic E-state index is 4.68. The Hall–Kier alpha value is -2.52. The Bertz CT molecular complexity index is 1190. The maximum Gasteiger partial charge on any atom is 0.189 e. The first-order chi connectivity index (χ1) is 16.7. The summed E-state index contributed by atoms with van der Waals surface area (Å²) in [6.45, 7) is 0. The monoisotopic (exact) mass is 608 g/mol. The second-order valence-corrected chi connectivity index (χ2v) is 10.4. The smallest absolute Gasteiger partial charge is 0.189 e. The van der Waals surface area contributed by atoms with E-state index in [0.29, 0.717) is 11.7 Å². The number of hydrogen-bond donors (Lipinski definition) is 0. The summed E-state index contributed by atoms with van der Waals surface area (Å²) < 4.78 is 11.3. The lowest BCUT2D eigenvalue weighted by atomic mass is 10.2. The average Bonchev–Trinajstić information content (AvgIpc) is 2.88. The molecule has 4 aromatic rings. The standard InChI is InChI=1S/C26H18Br2N4S2/c27-21-15-11-19(12-16-21)25(31-33-23-7-3-1-4-8-23)29-30-26(20-13-17-22(28)18-14-20)32-34-24-9-5-2-6-10-24/h1-18H. The lowest BCUT2D eigenvalue weighted by Gasteiger charge is -2.04. The van der Waals surface area contributed by atoms with Crippen LogP contribution in [0.25, 0.3) is 0 Å². The van der Waals surface area contributed by atoms with E-state index in [-0.39, 0.29) is 0 Å². The lowest BCUT2D eigenvalue weighted by Crippen LogP contribution is -2.00. The molecule has 0 N–H and O–H groups in total. The predicted molar refractivity (Wildman–Crippen MR) is 151 cm³/mol. The van der Waals surface area contributed by atoms with Crippen LogP contribution in [0.5, 0.6) is 0 Å². The summed E-state index contributed by atoms with van der Waals surface area (Å²) in [4.78, 5) is 2.04. The second-order valence-electron chi connectivity index (χ2n) is 6.85. The van der Waals surface area contributed by atoms with Crippen LogP contribution in [0.15, 0.2) is 147 Å². The van der Waals surface area contributed by atoms with Crippen molar-refractivity contribution in [3.05, 3.63) is 129 Å². The zero-order valence-electron chi connectivity index (χ0n) is 17.8. The van der Waals surface area contributed by atoms with Crippen LogP contribution >= 0.6 is 55.8 Å². The Morgan fingerprint density at radius 3 is 1.18 bits per heavy atom. The van der Waals surface area contributed by atoms with Crippen molar-refractivity contribution in [1.29, 1.82) is 0 Å². The Kier molecular flexibility index (Phi) is 9.27. The number of nitrogens with zero attached hydrogens (tertiary/aromatic N) is 4. The molecule has 0 fully saturated rings. The van der Waals surface area contributed by atoms with Gasteiger partial charge in [0.1, 0.15) is 0 Å². The van der Waals surface area contributed by atoms with Gasteiger partial charge in [0.25, 0.3) is 0 Å². The molecule has 4 nitrogen and oxygen atoms in total. The SMILES string of the molecule is Brc1ccc(C(N=NC(=NSc2ccccc2)c2ccc(Br)cc2)=NSc2ccccc2)cc1. The molecule has 0 bridgehead atoms. The Labute approximate surface area is 224 Å². The van der Waals surface area contributed by atoms with Gasteiger partial charge in [-0.2, -0.15) is 8.80 Å². The summed E-state index contributed by atoms with van der Waals surface area (Å²) in [6, 6.07) is 35.6. The van der Waals surface area contributed by atoms with Crippen molar-refractivity contribution in [2.45, 2.75) is 9.79 Å². The van der Waals surface area contributed by atoms with Crippen molar-refractivity contribution in [2.24, 2.45) is 19.0 Å². The fraction of sp³-hybridized carbons (Fsp3) is 0. The Morgan fingerprint density at radius 2 is 0.824 bits per heavy atom. The molecule has 168 valence electrons. The molecular formula is C26H18Br2N4S2. The maximum absolute atomic E-state index is 4.68. The summed E-state index contributed by atoms with van der Waals surface area (Å²) in [5, 5.41) is 9.07. The average molecular weight is 610 g/mol. The molecule has 0 amide bonds. The molecular weight excluding hydrogens is 592 g/mol. The van der Waals surface area contributed by atoms with E-state index in [1.165, 1.54) is 23.9 Å². The highest BCUT2D eigenvalue weighted by molar-refractivity contribution is 9.10. The quantitative estimate of drug-likeness (QED) is 0.0946. The minimum absolute atomic E-state index is 0.510. The molecule has 0 spiro atoms. The van der Waals surface area contributed by atoms with Gasteiger partial charge >= 0.3 is 0 Å². The highest BCUT2D eigenvalue weighted by Crippen LogP contribution is 2.23. The first-order valence-electron chi connectivity index (χ1n) is 10.2. The van der Waals surface area contributed by atoms with Crippen LogP contribution in [0.2, 0.25) is 0 Å². The molecule has 4 rings (SSSR count). The number of amidine groups is 2. The van der Waals surface area contributed by atoms with E-state index < -0.39 is 0 Å².